The largest absolute Gasteiger partial charge is 0.476 e. The van der Waals surface area contributed by atoms with Crippen LogP contribution in [0.2, 0.25) is 0 Å². The first-order valence-corrected chi connectivity index (χ1v) is 4.75. The fourth-order valence-corrected chi connectivity index (χ4v) is 1.73. The van der Waals surface area contributed by atoms with Crippen molar-refractivity contribution in [3.8, 4) is 0 Å². The van der Waals surface area contributed by atoms with Crippen LogP contribution in [0.15, 0.2) is 4.63 Å². The van der Waals surface area contributed by atoms with Crippen LogP contribution in [-0.2, 0) is 0 Å². The summed E-state index contributed by atoms with van der Waals surface area (Å²) in [5, 5.41) is 15.8. The van der Waals surface area contributed by atoms with Crippen molar-refractivity contribution in [2.75, 3.05) is 18.0 Å². The smallest absolute Gasteiger partial charge is 0.362 e. The predicted molar refractivity (Wildman–Crippen MR) is 50.7 cm³/mol. The van der Waals surface area contributed by atoms with Crippen LogP contribution in [0.3, 0.4) is 0 Å². The maximum absolute atomic E-state index is 10.8. The second kappa shape index (κ2) is 3.85. The lowest BCUT2D eigenvalue weighted by molar-refractivity contribution is 0.0685. The number of rotatable bonds is 2. The number of nitrogens with two attached hydrogens (primary N) is 1. The van der Waals surface area contributed by atoms with Crippen LogP contribution in [0.1, 0.15) is 23.3 Å². The number of aromatic carboxylic acids is 1. The van der Waals surface area contributed by atoms with Crippen molar-refractivity contribution in [1.82, 2.24) is 10.3 Å². The molecular weight excluding hydrogens is 200 g/mol. The molecule has 3 N–H and O–H groups in total. The second-order valence-corrected chi connectivity index (χ2v) is 3.59. The van der Waals surface area contributed by atoms with E-state index in [-0.39, 0.29) is 17.6 Å². The molecule has 1 aromatic rings. The quantitative estimate of drug-likeness (QED) is 0.692. The molecule has 1 aliphatic heterocycles. The lowest BCUT2D eigenvalue weighted by Gasteiger charge is -2.30. The maximum Gasteiger partial charge on any atom is 0.362 e. The van der Waals surface area contributed by atoms with E-state index in [1.54, 1.807) is 4.90 Å². The molecule has 1 fully saturated rings. The standard InChI is InChI=1S/C8H12N4O3/c9-5-2-1-3-12(4-5)7-6(8(13)14)10-15-11-7/h5H,1-4,9H2,(H,13,14). The number of anilines is 1. The molecule has 1 unspecified atom stereocenters. The summed E-state index contributed by atoms with van der Waals surface area (Å²) in [6, 6.07) is 0.0529. The highest BCUT2D eigenvalue weighted by atomic mass is 16.6. The van der Waals surface area contributed by atoms with E-state index < -0.39 is 5.97 Å². The van der Waals surface area contributed by atoms with Gasteiger partial charge in [0.05, 0.1) is 0 Å². The summed E-state index contributed by atoms with van der Waals surface area (Å²) in [4.78, 5) is 12.6. The summed E-state index contributed by atoms with van der Waals surface area (Å²) in [6.07, 6.45) is 1.87. The van der Waals surface area contributed by atoms with Crippen molar-refractivity contribution in [1.29, 1.82) is 0 Å². The highest BCUT2D eigenvalue weighted by Gasteiger charge is 2.26. The Hall–Kier alpha value is -1.63. The minimum atomic E-state index is -1.13. The van der Waals surface area contributed by atoms with Gasteiger partial charge in [0.2, 0.25) is 11.5 Å². The molecule has 0 bridgehead atoms. The van der Waals surface area contributed by atoms with E-state index in [0.29, 0.717) is 6.54 Å². The molecule has 0 saturated carbocycles. The van der Waals surface area contributed by atoms with Crippen molar-refractivity contribution < 1.29 is 14.5 Å². The van der Waals surface area contributed by atoms with Gasteiger partial charge in [-0.05, 0) is 23.2 Å². The Morgan fingerprint density at radius 1 is 1.60 bits per heavy atom. The lowest BCUT2D eigenvalue weighted by Crippen LogP contribution is -2.43. The fraction of sp³-hybridized carbons (Fsp3) is 0.625. The molecule has 82 valence electrons. The number of hydrogen-bond acceptors (Lipinski definition) is 6. The van der Waals surface area contributed by atoms with E-state index >= 15 is 0 Å². The third-order valence-electron chi connectivity index (χ3n) is 2.43. The monoisotopic (exact) mass is 212 g/mol. The molecular formula is C8H12N4O3. The van der Waals surface area contributed by atoms with Gasteiger partial charge in [-0.3, -0.25) is 0 Å². The average molecular weight is 212 g/mol. The molecule has 0 aliphatic carbocycles. The van der Waals surface area contributed by atoms with Gasteiger partial charge in [-0.1, -0.05) is 0 Å². The van der Waals surface area contributed by atoms with Gasteiger partial charge in [0.1, 0.15) is 0 Å². The number of nitrogens with zero attached hydrogens (tertiary/aromatic N) is 3. The highest BCUT2D eigenvalue weighted by Crippen LogP contribution is 2.20. The molecule has 7 nitrogen and oxygen atoms in total. The number of carboxylic acids is 1. The Balaban J connectivity index is 2.21. The van der Waals surface area contributed by atoms with Gasteiger partial charge >= 0.3 is 5.97 Å². The minimum absolute atomic E-state index is 0.0529. The predicted octanol–water partition coefficient (Wildman–Crippen LogP) is -0.305. The summed E-state index contributed by atoms with van der Waals surface area (Å²) < 4.78 is 4.43. The second-order valence-electron chi connectivity index (χ2n) is 3.59. The zero-order chi connectivity index (χ0) is 10.8. The van der Waals surface area contributed by atoms with Crippen LogP contribution >= 0.6 is 0 Å². The van der Waals surface area contributed by atoms with E-state index in [9.17, 15) is 4.79 Å². The third kappa shape index (κ3) is 1.91. The molecule has 0 spiro atoms. The van der Waals surface area contributed by atoms with Crippen molar-refractivity contribution in [2.45, 2.75) is 18.9 Å². The van der Waals surface area contributed by atoms with Crippen LogP contribution in [-0.4, -0.2) is 40.5 Å². The zero-order valence-corrected chi connectivity index (χ0v) is 8.09. The first kappa shape index (κ1) is 9.91. The maximum atomic E-state index is 10.8. The molecule has 0 amide bonds. The Labute approximate surface area is 85.8 Å². The first-order chi connectivity index (χ1) is 7.18. The zero-order valence-electron chi connectivity index (χ0n) is 8.09. The SMILES string of the molecule is NC1CCCN(c2nonc2C(=O)O)C1. The van der Waals surface area contributed by atoms with E-state index in [1.165, 1.54) is 0 Å². The molecule has 1 atom stereocenters. The Morgan fingerprint density at radius 2 is 2.40 bits per heavy atom. The summed E-state index contributed by atoms with van der Waals surface area (Å²) in [5.41, 5.74) is 5.64. The molecule has 15 heavy (non-hydrogen) atoms. The molecule has 0 radical (unpaired) electrons. The van der Waals surface area contributed by atoms with Crippen LogP contribution in [0.25, 0.3) is 0 Å². The summed E-state index contributed by atoms with van der Waals surface area (Å²) >= 11 is 0. The van der Waals surface area contributed by atoms with Gasteiger partial charge in [0.25, 0.3) is 0 Å². The molecule has 7 heteroatoms. The number of hydrogen-bond donors (Lipinski definition) is 2. The molecule has 0 aromatic carbocycles. The Kier molecular flexibility index (Phi) is 2.55. The van der Waals surface area contributed by atoms with Gasteiger partial charge in [-0.25, -0.2) is 9.42 Å². The van der Waals surface area contributed by atoms with Gasteiger partial charge in [0.15, 0.2) is 0 Å². The number of carboxylic acid groups (broad SMARTS) is 1. The van der Waals surface area contributed by atoms with E-state index in [1.807, 2.05) is 0 Å². The molecule has 2 rings (SSSR count). The topological polar surface area (TPSA) is 105 Å². The number of aromatic nitrogens is 2. The van der Waals surface area contributed by atoms with Crippen molar-refractivity contribution >= 4 is 11.8 Å². The van der Waals surface area contributed by atoms with Gasteiger partial charge < -0.3 is 15.7 Å². The van der Waals surface area contributed by atoms with E-state index in [0.717, 1.165) is 19.4 Å². The third-order valence-corrected chi connectivity index (χ3v) is 2.43. The first-order valence-electron chi connectivity index (χ1n) is 4.75. The average Bonchev–Trinajstić information content (AvgIpc) is 2.65. The van der Waals surface area contributed by atoms with Gasteiger partial charge in [-0.15, -0.1) is 0 Å². The van der Waals surface area contributed by atoms with Crippen LogP contribution in [0.5, 0.6) is 0 Å². The minimum Gasteiger partial charge on any atom is -0.476 e. The lowest BCUT2D eigenvalue weighted by atomic mass is 10.1. The van der Waals surface area contributed by atoms with Crippen LogP contribution in [0, 0.1) is 0 Å². The van der Waals surface area contributed by atoms with Crippen LogP contribution < -0.4 is 10.6 Å². The van der Waals surface area contributed by atoms with Crippen molar-refractivity contribution in [2.24, 2.45) is 5.73 Å². The van der Waals surface area contributed by atoms with Crippen molar-refractivity contribution in [3.63, 3.8) is 0 Å². The van der Waals surface area contributed by atoms with E-state index in [2.05, 4.69) is 14.9 Å². The van der Waals surface area contributed by atoms with E-state index in [4.69, 9.17) is 10.8 Å². The summed E-state index contributed by atoms with van der Waals surface area (Å²) in [5.74, 6) is -0.858. The summed E-state index contributed by atoms with van der Waals surface area (Å²) in [6.45, 7) is 1.33. The highest BCUT2D eigenvalue weighted by molar-refractivity contribution is 5.90. The van der Waals surface area contributed by atoms with Crippen LogP contribution in [0.4, 0.5) is 5.82 Å². The Bertz CT molecular complexity index is 365. The molecule has 1 aromatic heterocycles. The molecule has 2 heterocycles. The number of carbonyl (C=O) groups is 1. The number of piperidine rings is 1. The Morgan fingerprint density at radius 3 is 3.07 bits per heavy atom. The van der Waals surface area contributed by atoms with Crippen molar-refractivity contribution in [3.05, 3.63) is 5.69 Å². The normalized spacial score (nSPS) is 21.7. The van der Waals surface area contributed by atoms with Gasteiger partial charge in [-0.2, -0.15) is 0 Å². The summed E-state index contributed by atoms with van der Waals surface area (Å²) in [7, 11) is 0. The molecule has 1 aliphatic rings. The molecule has 1 saturated heterocycles. The fourth-order valence-electron chi connectivity index (χ4n) is 1.73. The van der Waals surface area contributed by atoms with Gasteiger partial charge in [0, 0.05) is 19.1 Å².